The normalized spacial score (nSPS) is 15.2. The monoisotopic (exact) mass is 300 g/mol. The molecular formula is C23H24. The molecule has 0 spiro atoms. The van der Waals surface area contributed by atoms with E-state index in [0.29, 0.717) is 5.92 Å². The Kier molecular flexibility index (Phi) is 5.64. The molecule has 0 heterocycles. The van der Waals surface area contributed by atoms with Gasteiger partial charge in [0.05, 0.1) is 0 Å². The molecule has 0 atom stereocenters. The lowest BCUT2D eigenvalue weighted by molar-refractivity contribution is 0.726. The SMILES string of the molecule is C(=CC(C=Cc1ccccc1)CCC=C1CC1)c1ccccc1. The Morgan fingerprint density at radius 2 is 1.26 bits per heavy atom. The van der Waals surface area contributed by atoms with Crippen LogP contribution in [0.15, 0.2) is 84.5 Å². The predicted octanol–water partition coefficient (Wildman–Crippen LogP) is 6.53. The molecule has 2 aromatic carbocycles. The molecule has 1 fully saturated rings. The second-order valence-corrected chi connectivity index (χ2v) is 6.14. The van der Waals surface area contributed by atoms with Gasteiger partial charge in [0.2, 0.25) is 0 Å². The van der Waals surface area contributed by atoms with Gasteiger partial charge in [-0.3, -0.25) is 0 Å². The molecule has 0 N–H and O–H groups in total. The first-order valence-corrected chi connectivity index (χ1v) is 8.54. The molecule has 0 amide bonds. The van der Waals surface area contributed by atoms with Crippen LogP contribution in [0.1, 0.15) is 36.8 Å². The molecule has 1 aliphatic rings. The van der Waals surface area contributed by atoms with Crippen molar-refractivity contribution in [2.24, 2.45) is 5.92 Å². The topological polar surface area (TPSA) is 0 Å². The number of benzene rings is 2. The van der Waals surface area contributed by atoms with Crippen LogP contribution in [0.3, 0.4) is 0 Å². The van der Waals surface area contributed by atoms with E-state index in [2.05, 4.69) is 91.0 Å². The summed E-state index contributed by atoms with van der Waals surface area (Å²) in [6, 6.07) is 21.1. The van der Waals surface area contributed by atoms with Gasteiger partial charge < -0.3 is 0 Å². The third-order valence-electron chi connectivity index (χ3n) is 4.14. The second-order valence-electron chi connectivity index (χ2n) is 6.14. The fourth-order valence-corrected chi connectivity index (χ4v) is 2.61. The number of hydrogen-bond acceptors (Lipinski definition) is 0. The summed E-state index contributed by atoms with van der Waals surface area (Å²) in [6.45, 7) is 0. The Morgan fingerprint density at radius 1 is 0.739 bits per heavy atom. The van der Waals surface area contributed by atoms with Gasteiger partial charge in [-0.2, -0.15) is 0 Å². The van der Waals surface area contributed by atoms with E-state index in [1.165, 1.54) is 36.8 Å². The Labute approximate surface area is 139 Å². The Balaban J connectivity index is 1.66. The van der Waals surface area contributed by atoms with E-state index in [1.807, 2.05) is 0 Å². The molecule has 116 valence electrons. The zero-order chi connectivity index (χ0) is 15.7. The third kappa shape index (κ3) is 5.75. The van der Waals surface area contributed by atoms with E-state index in [-0.39, 0.29) is 0 Å². The van der Waals surface area contributed by atoms with Crippen molar-refractivity contribution < 1.29 is 0 Å². The summed E-state index contributed by atoms with van der Waals surface area (Å²) in [6.07, 6.45) is 16.6. The van der Waals surface area contributed by atoms with Gasteiger partial charge in [-0.05, 0) is 42.7 Å². The highest BCUT2D eigenvalue weighted by Crippen LogP contribution is 2.29. The maximum absolute atomic E-state index is 2.43. The Morgan fingerprint density at radius 3 is 1.74 bits per heavy atom. The van der Waals surface area contributed by atoms with Crippen molar-refractivity contribution in [1.82, 2.24) is 0 Å². The third-order valence-corrected chi connectivity index (χ3v) is 4.14. The first kappa shape index (κ1) is 15.6. The zero-order valence-electron chi connectivity index (χ0n) is 13.6. The number of hydrogen-bond donors (Lipinski definition) is 0. The summed E-state index contributed by atoms with van der Waals surface area (Å²) in [4.78, 5) is 0. The molecule has 0 heteroatoms. The van der Waals surface area contributed by atoms with Crippen LogP contribution < -0.4 is 0 Å². The highest BCUT2D eigenvalue weighted by atomic mass is 14.2. The minimum absolute atomic E-state index is 0.478. The van der Waals surface area contributed by atoms with Crippen molar-refractivity contribution in [3.8, 4) is 0 Å². The van der Waals surface area contributed by atoms with Gasteiger partial charge in [0.15, 0.2) is 0 Å². The fourth-order valence-electron chi connectivity index (χ4n) is 2.61. The van der Waals surface area contributed by atoms with Crippen molar-refractivity contribution in [2.75, 3.05) is 0 Å². The molecule has 0 saturated heterocycles. The second kappa shape index (κ2) is 8.33. The first-order chi connectivity index (χ1) is 11.4. The van der Waals surface area contributed by atoms with Crippen molar-refractivity contribution >= 4 is 12.2 Å². The van der Waals surface area contributed by atoms with Crippen LogP contribution in [0.4, 0.5) is 0 Å². The molecule has 0 radical (unpaired) electrons. The fraction of sp³-hybridized carbons (Fsp3) is 0.217. The van der Waals surface area contributed by atoms with Gasteiger partial charge in [0, 0.05) is 0 Å². The molecule has 0 aromatic heterocycles. The molecule has 23 heavy (non-hydrogen) atoms. The molecule has 0 bridgehead atoms. The Hall–Kier alpha value is -2.34. The minimum atomic E-state index is 0.478. The molecule has 3 rings (SSSR count). The van der Waals surface area contributed by atoms with Crippen LogP contribution in [0.2, 0.25) is 0 Å². The average Bonchev–Trinajstić information content (AvgIpc) is 3.43. The van der Waals surface area contributed by atoms with Crippen molar-refractivity contribution in [2.45, 2.75) is 25.7 Å². The van der Waals surface area contributed by atoms with Gasteiger partial charge in [0.25, 0.3) is 0 Å². The molecular weight excluding hydrogens is 276 g/mol. The van der Waals surface area contributed by atoms with Crippen LogP contribution in [-0.2, 0) is 0 Å². The summed E-state index contributed by atoms with van der Waals surface area (Å²) in [5.41, 5.74) is 4.18. The molecule has 1 aliphatic carbocycles. The van der Waals surface area contributed by atoms with Crippen LogP contribution in [0.5, 0.6) is 0 Å². The lowest BCUT2D eigenvalue weighted by Crippen LogP contribution is -1.91. The zero-order valence-corrected chi connectivity index (χ0v) is 13.6. The minimum Gasteiger partial charge on any atom is -0.0853 e. The highest BCUT2D eigenvalue weighted by molar-refractivity contribution is 5.52. The van der Waals surface area contributed by atoms with Crippen LogP contribution in [0, 0.1) is 5.92 Å². The van der Waals surface area contributed by atoms with E-state index < -0.39 is 0 Å². The molecule has 1 saturated carbocycles. The first-order valence-electron chi connectivity index (χ1n) is 8.54. The van der Waals surface area contributed by atoms with E-state index in [1.54, 1.807) is 5.57 Å². The van der Waals surface area contributed by atoms with E-state index in [0.717, 1.165) is 0 Å². The van der Waals surface area contributed by atoms with Gasteiger partial charge in [-0.15, -0.1) is 0 Å². The maximum atomic E-state index is 2.43. The summed E-state index contributed by atoms with van der Waals surface area (Å²) in [5.74, 6) is 0.478. The molecule has 0 unspecified atom stereocenters. The lowest BCUT2D eigenvalue weighted by Gasteiger charge is -2.06. The number of allylic oxidation sites excluding steroid dienone is 4. The standard InChI is InChI=1S/C23H24/c1-3-8-20(9-4-1)14-16-22(12-7-13-23-18-19-23)17-15-21-10-5-2-6-11-21/h1-6,8-11,13-17,22H,7,12,18-19H2. The summed E-state index contributed by atoms with van der Waals surface area (Å²) >= 11 is 0. The van der Waals surface area contributed by atoms with Crippen molar-refractivity contribution in [3.05, 3.63) is 95.6 Å². The quantitative estimate of drug-likeness (QED) is 0.510. The average molecular weight is 300 g/mol. The smallest absolute Gasteiger partial charge is 0.00439 e. The molecule has 0 aliphatic heterocycles. The summed E-state index contributed by atoms with van der Waals surface area (Å²) in [7, 11) is 0. The maximum Gasteiger partial charge on any atom is -0.00439 e. The van der Waals surface area contributed by atoms with E-state index in [9.17, 15) is 0 Å². The molecule has 2 aromatic rings. The van der Waals surface area contributed by atoms with Gasteiger partial charge in [-0.25, -0.2) is 0 Å². The van der Waals surface area contributed by atoms with Gasteiger partial charge in [-0.1, -0.05) is 96.6 Å². The predicted molar refractivity (Wildman–Crippen MR) is 101 cm³/mol. The van der Waals surface area contributed by atoms with Crippen molar-refractivity contribution in [1.29, 1.82) is 0 Å². The van der Waals surface area contributed by atoms with E-state index in [4.69, 9.17) is 0 Å². The molecule has 0 nitrogen and oxygen atoms in total. The Bertz CT molecular complexity index is 619. The summed E-state index contributed by atoms with van der Waals surface area (Å²) in [5, 5.41) is 0. The van der Waals surface area contributed by atoms with Crippen molar-refractivity contribution in [3.63, 3.8) is 0 Å². The summed E-state index contributed by atoms with van der Waals surface area (Å²) < 4.78 is 0. The van der Waals surface area contributed by atoms with Gasteiger partial charge in [0.1, 0.15) is 0 Å². The largest absolute Gasteiger partial charge is 0.0853 e. The van der Waals surface area contributed by atoms with Crippen LogP contribution >= 0.6 is 0 Å². The lowest BCUT2D eigenvalue weighted by atomic mass is 9.99. The number of rotatable bonds is 7. The van der Waals surface area contributed by atoms with Crippen LogP contribution in [0.25, 0.3) is 12.2 Å². The highest BCUT2D eigenvalue weighted by Gasteiger charge is 2.09. The van der Waals surface area contributed by atoms with Crippen LogP contribution in [-0.4, -0.2) is 0 Å². The van der Waals surface area contributed by atoms with E-state index >= 15 is 0 Å². The van der Waals surface area contributed by atoms with Gasteiger partial charge >= 0.3 is 0 Å².